The van der Waals surface area contributed by atoms with Crippen molar-refractivity contribution in [3.63, 3.8) is 0 Å². The lowest BCUT2D eigenvalue weighted by molar-refractivity contribution is -0.121. The Labute approximate surface area is 179 Å². The van der Waals surface area contributed by atoms with Crippen LogP contribution in [0.1, 0.15) is 52.7 Å². The van der Waals surface area contributed by atoms with E-state index in [-0.39, 0.29) is 39.4 Å². The Morgan fingerprint density at radius 1 is 1.20 bits per heavy atom. The summed E-state index contributed by atoms with van der Waals surface area (Å²) in [5.41, 5.74) is 5.33. The first-order valence-corrected chi connectivity index (χ1v) is 10.1. The molecule has 1 saturated carbocycles. The molecule has 1 aromatic heterocycles. The van der Waals surface area contributed by atoms with Crippen molar-refractivity contribution < 1.29 is 23.2 Å². The highest BCUT2D eigenvalue weighted by molar-refractivity contribution is 9.10. The van der Waals surface area contributed by atoms with Crippen LogP contribution in [0.15, 0.2) is 22.9 Å². The maximum absolute atomic E-state index is 14.0. The largest absolute Gasteiger partial charge is 0.364 e. The minimum Gasteiger partial charge on any atom is -0.364 e. The Balaban J connectivity index is 1.70. The van der Waals surface area contributed by atoms with Crippen molar-refractivity contribution in [2.75, 3.05) is 12.4 Å². The fourth-order valence-electron chi connectivity index (χ4n) is 3.67. The number of aromatic nitrogens is 2. The topological polar surface area (TPSA) is 119 Å². The van der Waals surface area contributed by atoms with Gasteiger partial charge in [-0.05, 0) is 47.7 Å². The third kappa shape index (κ3) is 4.35. The Morgan fingerprint density at radius 2 is 1.87 bits per heavy atom. The maximum atomic E-state index is 14.0. The summed E-state index contributed by atoms with van der Waals surface area (Å²) in [6.07, 6.45) is 3.43. The number of hydrogen-bond donors (Lipinski definition) is 3. The van der Waals surface area contributed by atoms with Gasteiger partial charge in [-0.15, -0.1) is 0 Å². The Morgan fingerprint density at radius 3 is 2.43 bits per heavy atom. The molecule has 8 nitrogen and oxygen atoms in total. The Hall–Kier alpha value is -2.82. The van der Waals surface area contributed by atoms with Crippen molar-refractivity contribution >= 4 is 39.3 Å². The van der Waals surface area contributed by atoms with Gasteiger partial charge < -0.3 is 20.9 Å². The number of nitrogens with two attached hydrogens (primary N) is 1. The van der Waals surface area contributed by atoms with Gasteiger partial charge in [0.05, 0.1) is 12.0 Å². The van der Waals surface area contributed by atoms with Crippen molar-refractivity contribution in [3.8, 4) is 0 Å². The number of nitrogens with one attached hydrogen (secondary N) is 2. The van der Waals surface area contributed by atoms with E-state index in [4.69, 9.17) is 5.73 Å². The van der Waals surface area contributed by atoms with Gasteiger partial charge in [-0.1, -0.05) is 0 Å². The molecule has 1 fully saturated rings. The van der Waals surface area contributed by atoms with Gasteiger partial charge in [-0.2, -0.15) is 0 Å². The summed E-state index contributed by atoms with van der Waals surface area (Å²) in [7, 11) is 1.43. The maximum Gasteiger partial charge on any atom is 0.272 e. The van der Waals surface area contributed by atoms with E-state index in [1.54, 1.807) is 4.57 Å². The van der Waals surface area contributed by atoms with Crippen molar-refractivity contribution in [1.29, 1.82) is 0 Å². The molecule has 2 aromatic rings. The smallest absolute Gasteiger partial charge is 0.272 e. The number of hydrogen-bond acceptors (Lipinski definition) is 4. The summed E-state index contributed by atoms with van der Waals surface area (Å²) in [6, 6.07) is 1.62. The molecular weight excluding hydrogens is 464 g/mol. The molecule has 1 aliphatic carbocycles. The van der Waals surface area contributed by atoms with Gasteiger partial charge >= 0.3 is 0 Å². The van der Waals surface area contributed by atoms with E-state index in [1.165, 1.54) is 13.4 Å². The van der Waals surface area contributed by atoms with Crippen molar-refractivity contribution in [1.82, 2.24) is 14.9 Å². The van der Waals surface area contributed by atoms with Gasteiger partial charge in [0, 0.05) is 29.5 Å². The van der Waals surface area contributed by atoms with E-state index in [0.29, 0.717) is 31.7 Å². The lowest BCUT2D eigenvalue weighted by atomic mass is 9.85. The van der Waals surface area contributed by atoms with E-state index in [2.05, 4.69) is 31.5 Å². The SMILES string of the molecule is CNC(=O)c1ncn(C2CCC(C(=O)Nc3c(F)cc(F)cc3Br)CC2)c1C(N)=O. The zero-order valence-corrected chi connectivity index (χ0v) is 17.6. The minimum absolute atomic E-state index is 0.0274. The van der Waals surface area contributed by atoms with Crippen LogP contribution in [0.5, 0.6) is 0 Å². The number of benzene rings is 1. The summed E-state index contributed by atoms with van der Waals surface area (Å²) >= 11 is 3.05. The standard InChI is InChI=1S/C19H20BrF2N5O3/c1-24-19(30)15-16(17(23)28)27(8-25-15)11-4-2-9(3-5-11)18(29)26-14-12(20)6-10(21)7-13(14)22/h6-9,11H,2-5H2,1H3,(H2,23,28)(H,24,30)(H,26,29). The minimum atomic E-state index is -0.866. The fraction of sp³-hybridized carbons (Fsp3) is 0.368. The fourth-order valence-corrected chi connectivity index (χ4v) is 4.18. The molecule has 11 heteroatoms. The molecule has 1 heterocycles. The number of nitrogens with zero attached hydrogens (tertiary/aromatic N) is 2. The number of amides is 3. The first-order valence-electron chi connectivity index (χ1n) is 9.27. The van der Waals surface area contributed by atoms with Crippen LogP contribution in [0, 0.1) is 17.6 Å². The molecule has 0 spiro atoms. The number of carbonyl (C=O) groups is 3. The second-order valence-electron chi connectivity index (χ2n) is 7.03. The highest BCUT2D eigenvalue weighted by Gasteiger charge is 2.31. The summed E-state index contributed by atoms with van der Waals surface area (Å²) in [5.74, 6) is -3.64. The number of halogens is 3. The average Bonchev–Trinajstić information content (AvgIpc) is 3.15. The van der Waals surface area contributed by atoms with Gasteiger partial charge in [0.2, 0.25) is 5.91 Å². The zero-order chi connectivity index (χ0) is 22.0. The number of rotatable bonds is 5. The van der Waals surface area contributed by atoms with E-state index >= 15 is 0 Å². The normalized spacial score (nSPS) is 18.7. The van der Waals surface area contributed by atoms with Gasteiger partial charge in [0.1, 0.15) is 11.5 Å². The summed E-state index contributed by atoms with van der Waals surface area (Å²) in [5, 5.41) is 4.93. The highest BCUT2D eigenvalue weighted by Crippen LogP contribution is 2.35. The molecule has 30 heavy (non-hydrogen) atoms. The van der Waals surface area contributed by atoms with E-state index in [0.717, 1.165) is 6.07 Å². The molecular formula is C19H20BrF2N5O3. The predicted molar refractivity (Wildman–Crippen MR) is 108 cm³/mol. The van der Waals surface area contributed by atoms with Gasteiger partial charge in [-0.25, -0.2) is 13.8 Å². The van der Waals surface area contributed by atoms with Gasteiger partial charge in [0.25, 0.3) is 11.8 Å². The summed E-state index contributed by atoms with van der Waals surface area (Å²) < 4.78 is 28.9. The van der Waals surface area contributed by atoms with Crippen LogP contribution in [0.25, 0.3) is 0 Å². The molecule has 4 N–H and O–H groups in total. The Kier molecular flexibility index (Phi) is 6.49. The first kappa shape index (κ1) is 21.9. The molecule has 3 rings (SSSR count). The monoisotopic (exact) mass is 483 g/mol. The molecule has 0 unspecified atom stereocenters. The molecule has 0 saturated heterocycles. The number of anilines is 1. The second kappa shape index (κ2) is 8.90. The molecule has 0 aliphatic heterocycles. The molecule has 0 atom stereocenters. The average molecular weight is 484 g/mol. The first-order chi connectivity index (χ1) is 14.2. The second-order valence-corrected chi connectivity index (χ2v) is 7.89. The summed E-state index contributed by atoms with van der Waals surface area (Å²) in [4.78, 5) is 40.4. The highest BCUT2D eigenvalue weighted by atomic mass is 79.9. The zero-order valence-electron chi connectivity index (χ0n) is 16.0. The molecule has 1 aromatic carbocycles. The number of imidazole rings is 1. The third-order valence-corrected chi connectivity index (χ3v) is 5.81. The molecule has 1 aliphatic rings. The molecule has 0 bridgehead atoms. The summed E-state index contributed by atoms with van der Waals surface area (Å²) in [6.45, 7) is 0. The van der Waals surface area contributed by atoms with Crippen LogP contribution < -0.4 is 16.4 Å². The lowest BCUT2D eigenvalue weighted by Gasteiger charge is -2.29. The predicted octanol–water partition coefficient (Wildman–Crippen LogP) is 2.75. The van der Waals surface area contributed by atoms with Gasteiger partial charge in [-0.3, -0.25) is 14.4 Å². The van der Waals surface area contributed by atoms with Crippen molar-refractivity contribution in [2.45, 2.75) is 31.7 Å². The van der Waals surface area contributed by atoms with Crippen LogP contribution in [0.3, 0.4) is 0 Å². The molecule has 160 valence electrons. The lowest BCUT2D eigenvalue weighted by Crippen LogP contribution is -2.30. The van der Waals surface area contributed by atoms with Gasteiger partial charge in [0.15, 0.2) is 11.5 Å². The van der Waals surface area contributed by atoms with Crippen molar-refractivity contribution in [3.05, 3.63) is 46.0 Å². The van der Waals surface area contributed by atoms with Crippen LogP contribution in [0.4, 0.5) is 14.5 Å². The third-order valence-electron chi connectivity index (χ3n) is 5.19. The quantitative estimate of drug-likeness (QED) is 0.605. The molecule has 0 radical (unpaired) electrons. The number of carbonyl (C=O) groups excluding carboxylic acids is 3. The van der Waals surface area contributed by atoms with E-state index in [9.17, 15) is 23.2 Å². The molecule has 3 amide bonds. The van der Waals surface area contributed by atoms with Crippen LogP contribution in [-0.4, -0.2) is 34.3 Å². The van der Waals surface area contributed by atoms with Crippen LogP contribution in [0.2, 0.25) is 0 Å². The van der Waals surface area contributed by atoms with Crippen LogP contribution >= 0.6 is 15.9 Å². The van der Waals surface area contributed by atoms with E-state index < -0.39 is 23.4 Å². The van der Waals surface area contributed by atoms with Crippen LogP contribution in [-0.2, 0) is 4.79 Å². The number of primary amides is 1. The van der Waals surface area contributed by atoms with E-state index in [1.807, 2.05) is 0 Å². The Bertz CT molecular complexity index is 979. The van der Waals surface area contributed by atoms with Crippen molar-refractivity contribution in [2.24, 2.45) is 11.7 Å².